The van der Waals surface area contributed by atoms with Gasteiger partial charge in [0.15, 0.2) is 0 Å². The van der Waals surface area contributed by atoms with E-state index in [1.165, 1.54) is 12.1 Å². The molecule has 0 aliphatic carbocycles. The number of carbonyl (C=O) groups excluding carboxylic acids is 1. The van der Waals surface area contributed by atoms with Gasteiger partial charge in [-0.05, 0) is 36.4 Å². The molecule has 0 aliphatic rings. The van der Waals surface area contributed by atoms with E-state index >= 15 is 0 Å². The molecular weight excluding hydrogens is 322 g/mol. The van der Waals surface area contributed by atoms with Gasteiger partial charge in [0.25, 0.3) is 5.69 Å². The Morgan fingerprint density at radius 2 is 1.87 bits per heavy atom. The molecule has 7 nitrogen and oxygen atoms in total. The van der Waals surface area contributed by atoms with Gasteiger partial charge in [0.05, 0.1) is 18.6 Å². The van der Waals surface area contributed by atoms with Crippen LogP contribution in [0.1, 0.15) is 0 Å². The SMILES string of the molecule is COc1ccc(NC(=O)CNc2ccc(Cl)c([N+](=O)[O-])c2)cc1. The molecule has 8 heteroatoms. The van der Waals surface area contributed by atoms with Crippen LogP contribution in [0.4, 0.5) is 17.1 Å². The van der Waals surface area contributed by atoms with Gasteiger partial charge < -0.3 is 15.4 Å². The highest BCUT2D eigenvalue weighted by Gasteiger charge is 2.13. The number of nitrogens with one attached hydrogen (secondary N) is 2. The molecule has 0 heterocycles. The zero-order valence-electron chi connectivity index (χ0n) is 12.2. The van der Waals surface area contributed by atoms with Crippen LogP contribution in [0.15, 0.2) is 42.5 Å². The predicted octanol–water partition coefficient (Wildman–Crippen LogP) is 3.31. The van der Waals surface area contributed by atoms with E-state index in [9.17, 15) is 14.9 Å². The molecule has 0 bridgehead atoms. The van der Waals surface area contributed by atoms with Gasteiger partial charge in [-0.1, -0.05) is 11.6 Å². The van der Waals surface area contributed by atoms with Crippen LogP contribution in [0.5, 0.6) is 5.75 Å². The Morgan fingerprint density at radius 1 is 1.22 bits per heavy atom. The number of nitro benzene ring substituents is 1. The quantitative estimate of drug-likeness (QED) is 0.624. The number of nitro groups is 1. The standard InChI is InChI=1S/C15H14ClN3O4/c1-23-12-5-2-10(3-6-12)18-15(20)9-17-11-4-7-13(16)14(8-11)19(21)22/h2-8,17H,9H2,1H3,(H,18,20). The van der Waals surface area contributed by atoms with Crippen molar-refractivity contribution in [1.29, 1.82) is 0 Å². The number of benzene rings is 2. The molecule has 0 aromatic heterocycles. The smallest absolute Gasteiger partial charge is 0.289 e. The van der Waals surface area contributed by atoms with Crippen molar-refractivity contribution >= 4 is 34.6 Å². The van der Waals surface area contributed by atoms with Crippen LogP contribution in [0.25, 0.3) is 0 Å². The van der Waals surface area contributed by atoms with E-state index in [1.54, 1.807) is 37.4 Å². The van der Waals surface area contributed by atoms with Crippen LogP contribution in [0, 0.1) is 10.1 Å². The van der Waals surface area contributed by atoms with Gasteiger partial charge in [0.1, 0.15) is 10.8 Å². The van der Waals surface area contributed by atoms with E-state index < -0.39 is 4.92 Å². The van der Waals surface area contributed by atoms with Crippen molar-refractivity contribution in [3.05, 3.63) is 57.6 Å². The van der Waals surface area contributed by atoms with Crippen molar-refractivity contribution in [1.82, 2.24) is 0 Å². The lowest BCUT2D eigenvalue weighted by atomic mass is 10.2. The third-order valence-electron chi connectivity index (χ3n) is 2.97. The monoisotopic (exact) mass is 335 g/mol. The summed E-state index contributed by atoms with van der Waals surface area (Å²) < 4.78 is 5.03. The van der Waals surface area contributed by atoms with Gasteiger partial charge in [-0.3, -0.25) is 14.9 Å². The number of halogens is 1. The summed E-state index contributed by atoms with van der Waals surface area (Å²) in [5.74, 6) is 0.405. The maximum atomic E-state index is 11.9. The maximum absolute atomic E-state index is 11.9. The molecule has 0 saturated heterocycles. The number of nitrogens with zero attached hydrogens (tertiary/aromatic N) is 1. The largest absolute Gasteiger partial charge is 0.497 e. The highest BCUT2D eigenvalue weighted by atomic mass is 35.5. The molecule has 0 fully saturated rings. The lowest BCUT2D eigenvalue weighted by Crippen LogP contribution is -2.21. The van der Waals surface area contributed by atoms with Crippen LogP contribution in [0.3, 0.4) is 0 Å². The molecule has 0 spiro atoms. The lowest BCUT2D eigenvalue weighted by Gasteiger charge is -2.08. The molecule has 2 aromatic carbocycles. The summed E-state index contributed by atoms with van der Waals surface area (Å²) in [6, 6.07) is 11.1. The van der Waals surface area contributed by atoms with Crippen molar-refractivity contribution in [2.45, 2.75) is 0 Å². The van der Waals surface area contributed by atoms with Crippen molar-refractivity contribution in [3.8, 4) is 5.75 Å². The van der Waals surface area contributed by atoms with E-state index in [-0.39, 0.29) is 23.2 Å². The lowest BCUT2D eigenvalue weighted by molar-refractivity contribution is -0.384. The minimum Gasteiger partial charge on any atom is -0.497 e. The molecule has 2 rings (SSSR count). The second kappa shape index (κ2) is 7.46. The molecule has 23 heavy (non-hydrogen) atoms. The van der Waals surface area contributed by atoms with Gasteiger partial charge in [-0.15, -0.1) is 0 Å². The Balaban J connectivity index is 1.93. The molecule has 0 saturated carbocycles. The van der Waals surface area contributed by atoms with Crippen LogP contribution in [0.2, 0.25) is 5.02 Å². The van der Waals surface area contributed by atoms with Gasteiger partial charge in [-0.2, -0.15) is 0 Å². The summed E-state index contributed by atoms with van der Waals surface area (Å²) in [5.41, 5.74) is 0.845. The number of hydrogen-bond donors (Lipinski definition) is 2. The first-order valence-corrected chi connectivity index (χ1v) is 6.99. The van der Waals surface area contributed by atoms with Crippen molar-refractivity contribution in [2.24, 2.45) is 0 Å². The maximum Gasteiger partial charge on any atom is 0.289 e. The predicted molar refractivity (Wildman–Crippen MR) is 88.2 cm³/mol. The molecule has 0 aliphatic heterocycles. The average Bonchev–Trinajstić information content (AvgIpc) is 2.54. The van der Waals surface area contributed by atoms with Gasteiger partial charge in [0.2, 0.25) is 5.91 Å². The summed E-state index contributed by atoms with van der Waals surface area (Å²) in [5, 5.41) is 16.4. The summed E-state index contributed by atoms with van der Waals surface area (Å²) >= 11 is 5.73. The Bertz CT molecular complexity index is 719. The molecule has 0 radical (unpaired) electrons. The van der Waals surface area contributed by atoms with Crippen LogP contribution in [-0.4, -0.2) is 24.5 Å². The van der Waals surface area contributed by atoms with Gasteiger partial charge in [0, 0.05) is 17.4 Å². The zero-order valence-corrected chi connectivity index (χ0v) is 13.0. The van der Waals surface area contributed by atoms with Crippen LogP contribution >= 0.6 is 11.6 Å². The fourth-order valence-corrected chi connectivity index (χ4v) is 2.01. The highest BCUT2D eigenvalue weighted by Crippen LogP contribution is 2.27. The van der Waals surface area contributed by atoms with Crippen LogP contribution in [-0.2, 0) is 4.79 Å². The fourth-order valence-electron chi connectivity index (χ4n) is 1.82. The number of ether oxygens (including phenoxy) is 1. The van der Waals surface area contributed by atoms with E-state index in [2.05, 4.69) is 10.6 Å². The number of anilines is 2. The highest BCUT2D eigenvalue weighted by molar-refractivity contribution is 6.32. The molecule has 120 valence electrons. The molecule has 0 unspecified atom stereocenters. The Labute approximate surface area is 137 Å². The average molecular weight is 336 g/mol. The second-order valence-corrected chi connectivity index (χ2v) is 4.96. The first-order chi connectivity index (χ1) is 11.0. The molecule has 2 aromatic rings. The summed E-state index contributed by atoms with van der Waals surface area (Å²) in [7, 11) is 1.56. The van der Waals surface area contributed by atoms with E-state index in [0.717, 1.165) is 0 Å². The number of methoxy groups -OCH3 is 1. The minimum atomic E-state index is -0.578. The number of amides is 1. The van der Waals surface area contributed by atoms with Crippen molar-refractivity contribution < 1.29 is 14.5 Å². The Kier molecular flexibility index (Phi) is 5.37. The first kappa shape index (κ1) is 16.6. The minimum absolute atomic E-state index is 0.0369. The topological polar surface area (TPSA) is 93.5 Å². The number of carbonyl (C=O) groups is 1. The van der Waals surface area contributed by atoms with Gasteiger partial charge in [-0.25, -0.2) is 0 Å². The molecule has 0 atom stereocenters. The van der Waals surface area contributed by atoms with E-state index in [1.807, 2.05) is 0 Å². The molecule has 2 N–H and O–H groups in total. The Morgan fingerprint density at radius 3 is 2.48 bits per heavy atom. The first-order valence-electron chi connectivity index (χ1n) is 6.61. The zero-order chi connectivity index (χ0) is 16.8. The summed E-state index contributed by atoms with van der Waals surface area (Å²) in [6.45, 7) is -0.0369. The second-order valence-electron chi connectivity index (χ2n) is 4.55. The van der Waals surface area contributed by atoms with Crippen molar-refractivity contribution in [2.75, 3.05) is 24.3 Å². The fraction of sp³-hybridized carbons (Fsp3) is 0.133. The molecule has 1 amide bonds. The molecular formula is C15H14ClN3O4. The van der Waals surface area contributed by atoms with Crippen LogP contribution < -0.4 is 15.4 Å². The van der Waals surface area contributed by atoms with E-state index in [0.29, 0.717) is 17.1 Å². The third-order valence-corrected chi connectivity index (χ3v) is 3.29. The number of hydrogen-bond acceptors (Lipinski definition) is 5. The Hall–Kier alpha value is -2.80. The normalized spacial score (nSPS) is 10.0. The summed E-state index contributed by atoms with van der Waals surface area (Å²) in [4.78, 5) is 22.1. The third kappa shape index (κ3) is 4.58. The van der Waals surface area contributed by atoms with E-state index in [4.69, 9.17) is 16.3 Å². The van der Waals surface area contributed by atoms with Crippen molar-refractivity contribution in [3.63, 3.8) is 0 Å². The number of rotatable bonds is 6. The summed E-state index contributed by atoms with van der Waals surface area (Å²) in [6.07, 6.45) is 0. The van der Waals surface area contributed by atoms with Gasteiger partial charge >= 0.3 is 0 Å².